The fourth-order valence-electron chi connectivity index (χ4n) is 2.22. The average Bonchev–Trinajstić information content (AvgIpc) is 3.07. The number of furan rings is 1. The zero-order valence-electron chi connectivity index (χ0n) is 11.7. The Hall–Kier alpha value is -2.63. The van der Waals surface area contributed by atoms with Gasteiger partial charge in [-0.1, -0.05) is 0 Å². The summed E-state index contributed by atoms with van der Waals surface area (Å²) in [5, 5.41) is 0. The Morgan fingerprint density at radius 2 is 1.95 bits per heavy atom. The Bertz CT molecular complexity index is 704. The van der Waals surface area contributed by atoms with Crippen molar-refractivity contribution in [2.75, 3.05) is 0 Å². The molecule has 0 unspecified atom stereocenters. The van der Waals surface area contributed by atoms with Crippen LogP contribution < -0.4 is 0 Å². The lowest BCUT2D eigenvalue weighted by molar-refractivity contribution is -0.147. The third kappa shape index (κ3) is 2.86. The zero-order valence-corrected chi connectivity index (χ0v) is 11.7. The van der Waals surface area contributed by atoms with Gasteiger partial charge in [-0.05, 0) is 43.3 Å². The molecule has 1 aliphatic heterocycles. The van der Waals surface area contributed by atoms with Crippen LogP contribution in [-0.4, -0.2) is 24.1 Å². The largest absolute Gasteiger partial charge is 0.460 e. The molecule has 3 rings (SSSR count). The maximum atomic E-state index is 12.9. The lowest BCUT2D eigenvalue weighted by Gasteiger charge is -2.06. The van der Waals surface area contributed by atoms with Crippen molar-refractivity contribution in [3.05, 3.63) is 48.0 Å². The maximum absolute atomic E-state index is 12.9. The molecule has 0 saturated carbocycles. The van der Waals surface area contributed by atoms with Gasteiger partial charge in [-0.3, -0.25) is 0 Å². The number of hydrogen-bond donors (Lipinski definition) is 0. The second-order valence-electron chi connectivity index (χ2n) is 5.05. The molecule has 1 aromatic heterocycles. The lowest BCUT2D eigenvalue weighted by Crippen LogP contribution is -2.22. The van der Waals surface area contributed by atoms with Gasteiger partial charge in [-0.2, -0.15) is 0 Å². The Kier molecular flexibility index (Phi) is 3.66. The molecule has 5 nitrogen and oxygen atoms in total. The molecule has 6 heteroatoms. The SMILES string of the molecule is C[C@H]1C[C@H](OC(=O)c2ccc(-c3ccc(F)cc3)o2)C(=O)O1. The molecule has 1 aromatic carbocycles. The molecular formula is C16H13FO5. The van der Waals surface area contributed by atoms with E-state index in [0.717, 1.165) is 0 Å². The summed E-state index contributed by atoms with van der Waals surface area (Å²) >= 11 is 0. The minimum Gasteiger partial charge on any atom is -0.460 e. The summed E-state index contributed by atoms with van der Waals surface area (Å²) in [6.45, 7) is 1.73. The third-order valence-corrected chi connectivity index (χ3v) is 3.31. The highest BCUT2D eigenvalue weighted by Gasteiger charge is 2.35. The predicted molar refractivity (Wildman–Crippen MR) is 73.5 cm³/mol. The number of rotatable bonds is 3. The van der Waals surface area contributed by atoms with Crippen molar-refractivity contribution in [1.29, 1.82) is 0 Å². The van der Waals surface area contributed by atoms with Crippen molar-refractivity contribution in [3.8, 4) is 11.3 Å². The molecule has 1 aliphatic rings. The van der Waals surface area contributed by atoms with Gasteiger partial charge in [0.2, 0.25) is 11.9 Å². The molecule has 1 saturated heterocycles. The first-order valence-corrected chi connectivity index (χ1v) is 6.80. The topological polar surface area (TPSA) is 65.7 Å². The normalized spacial score (nSPS) is 20.7. The van der Waals surface area contributed by atoms with Crippen LogP contribution in [-0.2, 0) is 14.3 Å². The molecule has 22 heavy (non-hydrogen) atoms. The van der Waals surface area contributed by atoms with Gasteiger partial charge in [-0.25, -0.2) is 14.0 Å². The van der Waals surface area contributed by atoms with E-state index in [9.17, 15) is 14.0 Å². The first kappa shape index (κ1) is 14.3. The van der Waals surface area contributed by atoms with E-state index < -0.39 is 18.0 Å². The van der Waals surface area contributed by atoms with E-state index in [1.54, 1.807) is 25.1 Å². The smallest absolute Gasteiger partial charge is 0.375 e. The maximum Gasteiger partial charge on any atom is 0.375 e. The number of ether oxygens (including phenoxy) is 2. The number of esters is 2. The van der Waals surface area contributed by atoms with Gasteiger partial charge in [-0.15, -0.1) is 0 Å². The molecule has 0 N–H and O–H groups in total. The second-order valence-corrected chi connectivity index (χ2v) is 5.05. The van der Waals surface area contributed by atoms with Crippen LogP contribution in [0.15, 0.2) is 40.8 Å². The first-order chi connectivity index (χ1) is 10.5. The van der Waals surface area contributed by atoms with Crippen LogP contribution in [0.2, 0.25) is 0 Å². The van der Waals surface area contributed by atoms with E-state index in [2.05, 4.69) is 0 Å². The number of carbonyl (C=O) groups is 2. The minimum atomic E-state index is -0.901. The van der Waals surface area contributed by atoms with Crippen molar-refractivity contribution >= 4 is 11.9 Å². The molecule has 0 bridgehead atoms. The van der Waals surface area contributed by atoms with Gasteiger partial charge in [0, 0.05) is 12.0 Å². The summed E-state index contributed by atoms with van der Waals surface area (Å²) in [7, 11) is 0. The van der Waals surface area contributed by atoms with Crippen LogP contribution in [0, 0.1) is 5.82 Å². The Morgan fingerprint density at radius 3 is 2.59 bits per heavy atom. The lowest BCUT2D eigenvalue weighted by atomic mass is 10.2. The fourth-order valence-corrected chi connectivity index (χ4v) is 2.22. The highest BCUT2D eigenvalue weighted by molar-refractivity contribution is 5.90. The van der Waals surface area contributed by atoms with Gasteiger partial charge in [0.1, 0.15) is 17.7 Å². The number of carbonyl (C=O) groups excluding carboxylic acids is 2. The van der Waals surface area contributed by atoms with E-state index in [0.29, 0.717) is 17.7 Å². The van der Waals surface area contributed by atoms with E-state index in [4.69, 9.17) is 13.9 Å². The standard InChI is InChI=1S/C16H13FO5/c1-9-8-14(16(19)20-9)22-15(18)13-7-6-12(21-13)10-2-4-11(17)5-3-10/h2-7,9,14H,8H2,1H3/t9-,14-/m0/s1. The molecule has 2 aromatic rings. The molecule has 2 atom stereocenters. The van der Waals surface area contributed by atoms with Crippen LogP contribution in [0.1, 0.15) is 23.9 Å². The predicted octanol–water partition coefficient (Wildman–Crippen LogP) is 2.95. The summed E-state index contributed by atoms with van der Waals surface area (Å²) in [5.41, 5.74) is 0.634. The van der Waals surface area contributed by atoms with Gasteiger partial charge >= 0.3 is 11.9 Å². The summed E-state index contributed by atoms with van der Waals surface area (Å²) < 4.78 is 28.3. The fraction of sp³-hybridized carbons (Fsp3) is 0.250. The van der Waals surface area contributed by atoms with E-state index in [-0.39, 0.29) is 17.7 Å². The van der Waals surface area contributed by atoms with Crippen LogP contribution in [0.3, 0.4) is 0 Å². The van der Waals surface area contributed by atoms with Gasteiger partial charge in [0.05, 0.1) is 0 Å². The first-order valence-electron chi connectivity index (χ1n) is 6.80. The highest BCUT2D eigenvalue weighted by Crippen LogP contribution is 2.24. The minimum absolute atomic E-state index is 0.0216. The number of benzene rings is 1. The van der Waals surface area contributed by atoms with Crippen molar-refractivity contribution < 1.29 is 27.9 Å². The summed E-state index contributed by atoms with van der Waals surface area (Å²) in [4.78, 5) is 23.4. The molecule has 1 fully saturated rings. The monoisotopic (exact) mass is 304 g/mol. The van der Waals surface area contributed by atoms with Crippen molar-refractivity contribution in [2.45, 2.75) is 25.6 Å². The average molecular weight is 304 g/mol. The number of cyclic esters (lactones) is 1. The highest BCUT2D eigenvalue weighted by atomic mass is 19.1. The molecule has 2 heterocycles. The molecule has 114 valence electrons. The van der Waals surface area contributed by atoms with E-state index in [1.807, 2.05) is 0 Å². The van der Waals surface area contributed by atoms with Crippen LogP contribution in [0.5, 0.6) is 0 Å². The number of hydrogen-bond acceptors (Lipinski definition) is 5. The van der Waals surface area contributed by atoms with E-state index in [1.165, 1.54) is 18.2 Å². The Labute approximate surface area is 125 Å². The summed E-state index contributed by atoms with van der Waals surface area (Å²) in [6, 6.07) is 8.71. The number of halogens is 1. The van der Waals surface area contributed by atoms with Crippen molar-refractivity contribution in [1.82, 2.24) is 0 Å². The zero-order chi connectivity index (χ0) is 15.7. The van der Waals surface area contributed by atoms with Gasteiger partial charge in [0.15, 0.2) is 0 Å². The third-order valence-electron chi connectivity index (χ3n) is 3.31. The van der Waals surface area contributed by atoms with Crippen LogP contribution in [0.4, 0.5) is 4.39 Å². The van der Waals surface area contributed by atoms with Gasteiger partial charge < -0.3 is 13.9 Å². The van der Waals surface area contributed by atoms with Gasteiger partial charge in [0.25, 0.3) is 0 Å². The quantitative estimate of drug-likeness (QED) is 0.816. The Morgan fingerprint density at radius 1 is 1.23 bits per heavy atom. The second kappa shape index (κ2) is 5.63. The van der Waals surface area contributed by atoms with E-state index >= 15 is 0 Å². The summed E-state index contributed by atoms with van der Waals surface area (Å²) in [6.07, 6.45) is -0.839. The summed E-state index contributed by atoms with van der Waals surface area (Å²) in [5.74, 6) is -1.25. The Balaban J connectivity index is 1.72. The molecular weight excluding hydrogens is 291 g/mol. The van der Waals surface area contributed by atoms with Crippen LogP contribution in [0.25, 0.3) is 11.3 Å². The molecule has 0 aliphatic carbocycles. The molecule has 0 radical (unpaired) electrons. The van der Waals surface area contributed by atoms with Crippen molar-refractivity contribution in [2.24, 2.45) is 0 Å². The van der Waals surface area contributed by atoms with Crippen LogP contribution >= 0.6 is 0 Å². The molecule has 0 amide bonds. The molecule has 0 spiro atoms. The van der Waals surface area contributed by atoms with Crippen molar-refractivity contribution in [3.63, 3.8) is 0 Å².